The van der Waals surface area contributed by atoms with Crippen LogP contribution >= 0.6 is 12.4 Å². The Bertz CT molecular complexity index is 485. The minimum absolute atomic E-state index is 0. The van der Waals surface area contributed by atoms with Gasteiger partial charge in [0.05, 0.1) is 6.04 Å². The lowest BCUT2D eigenvalue weighted by atomic mass is 9.97. The second-order valence-corrected chi connectivity index (χ2v) is 6.45. The van der Waals surface area contributed by atoms with Crippen LogP contribution in [0.3, 0.4) is 0 Å². The van der Waals surface area contributed by atoms with Crippen molar-refractivity contribution in [3.8, 4) is 0 Å². The highest BCUT2D eigenvalue weighted by Gasteiger charge is 2.34. The van der Waals surface area contributed by atoms with Gasteiger partial charge in [-0.3, -0.25) is 4.68 Å². The van der Waals surface area contributed by atoms with Crippen molar-refractivity contribution in [2.45, 2.75) is 37.9 Å². The molecule has 2 aliphatic rings. The highest BCUT2D eigenvalue weighted by atomic mass is 35.5. The first kappa shape index (κ1) is 18.5. The summed E-state index contributed by atoms with van der Waals surface area (Å²) >= 11 is 0. The molecule has 2 unspecified atom stereocenters. The highest BCUT2D eigenvalue weighted by Crippen LogP contribution is 2.29. The van der Waals surface area contributed by atoms with Crippen LogP contribution in [0.15, 0.2) is 12.3 Å². The average molecular weight is 353 g/mol. The fourth-order valence-corrected chi connectivity index (χ4v) is 3.55. The van der Waals surface area contributed by atoms with E-state index in [4.69, 9.17) is 0 Å². The van der Waals surface area contributed by atoms with Gasteiger partial charge in [0.15, 0.2) is 5.69 Å². The van der Waals surface area contributed by atoms with Crippen LogP contribution in [0.25, 0.3) is 0 Å². The number of nitrogens with one attached hydrogen (secondary N) is 1. The van der Waals surface area contributed by atoms with Gasteiger partial charge < -0.3 is 10.2 Å². The van der Waals surface area contributed by atoms with Crippen molar-refractivity contribution in [2.75, 3.05) is 32.7 Å². The maximum absolute atomic E-state index is 12.7. The van der Waals surface area contributed by atoms with E-state index in [1.807, 2.05) is 0 Å². The summed E-state index contributed by atoms with van der Waals surface area (Å²) in [5, 5.41) is 7.16. The normalized spacial score (nSPS) is 26.7. The van der Waals surface area contributed by atoms with E-state index in [1.165, 1.54) is 23.7 Å². The highest BCUT2D eigenvalue weighted by molar-refractivity contribution is 5.85. The number of hydrogen-bond donors (Lipinski definition) is 1. The van der Waals surface area contributed by atoms with Gasteiger partial charge in [0, 0.05) is 19.3 Å². The van der Waals surface area contributed by atoms with Gasteiger partial charge >= 0.3 is 6.18 Å². The zero-order chi connectivity index (χ0) is 15.6. The standard InChI is InChI=1S/C15H23F3N4.ClH/c16-15(17,18)14-5-8-22(20-14)13-4-2-7-21(11-13)10-12-3-1-6-19-9-12;/h5,8,12-13,19H,1-4,6-7,9-11H2;1H. The van der Waals surface area contributed by atoms with Gasteiger partial charge in [0.25, 0.3) is 0 Å². The third-order valence-electron chi connectivity index (χ3n) is 4.67. The number of aromatic nitrogens is 2. The molecular formula is C15H24ClF3N4. The topological polar surface area (TPSA) is 33.1 Å². The molecule has 1 aromatic rings. The Hall–Kier alpha value is -0.790. The van der Waals surface area contributed by atoms with E-state index in [1.54, 1.807) is 0 Å². The zero-order valence-electron chi connectivity index (χ0n) is 13.1. The molecule has 2 atom stereocenters. The van der Waals surface area contributed by atoms with E-state index < -0.39 is 11.9 Å². The quantitative estimate of drug-likeness (QED) is 0.908. The third-order valence-corrected chi connectivity index (χ3v) is 4.67. The second kappa shape index (κ2) is 7.85. The molecule has 2 saturated heterocycles. The summed E-state index contributed by atoms with van der Waals surface area (Å²) in [6, 6.07) is 1.13. The lowest BCUT2D eigenvalue weighted by molar-refractivity contribution is -0.141. The van der Waals surface area contributed by atoms with Crippen LogP contribution in [-0.4, -0.2) is 47.4 Å². The summed E-state index contributed by atoms with van der Waals surface area (Å²) in [6.45, 7) is 5.04. The van der Waals surface area contributed by atoms with Gasteiger partial charge in [-0.25, -0.2) is 0 Å². The molecule has 0 aromatic carbocycles. The molecule has 0 amide bonds. The molecule has 0 aliphatic carbocycles. The van der Waals surface area contributed by atoms with Gasteiger partial charge in [0.2, 0.25) is 0 Å². The van der Waals surface area contributed by atoms with E-state index in [-0.39, 0.29) is 18.4 Å². The van der Waals surface area contributed by atoms with Crippen molar-refractivity contribution < 1.29 is 13.2 Å². The number of halogens is 4. The Balaban J connectivity index is 0.00000192. The van der Waals surface area contributed by atoms with Crippen LogP contribution in [0.2, 0.25) is 0 Å². The molecule has 2 aliphatic heterocycles. The van der Waals surface area contributed by atoms with E-state index in [0.717, 1.165) is 51.6 Å². The minimum atomic E-state index is -4.35. The Kier molecular flexibility index (Phi) is 6.33. The molecule has 4 nitrogen and oxygen atoms in total. The number of piperidine rings is 2. The first-order valence-electron chi connectivity index (χ1n) is 8.08. The Morgan fingerprint density at radius 3 is 2.74 bits per heavy atom. The lowest BCUT2D eigenvalue weighted by Crippen LogP contribution is -2.43. The van der Waals surface area contributed by atoms with Crippen molar-refractivity contribution >= 4 is 12.4 Å². The molecule has 0 bridgehead atoms. The van der Waals surface area contributed by atoms with E-state index in [2.05, 4.69) is 15.3 Å². The summed E-state index contributed by atoms with van der Waals surface area (Å²) < 4.78 is 39.5. The first-order valence-corrected chi connectivity index (χ1v) is 8.08. The third kappa shape index (κ3) is 4.84. The maximum Gasteiger partial charge on any atom is 0.435 e. The Morgan fingerprint density at radius 1 is 1.26 bits per heavy atom. The molecule has 132 valence electrons. The molecule has 23 heavy (non-hydrogen) atoms. The van der Waals surface area contributed by atoms with Gasteiger partial charge in [-0.1, -0.05) is 0 Å². The molecule has 8 heteroatoms. The molecule has 1 aromatic heterocycles. The van der Waals surface area contributed by atoms with E-state index >= 15 is 0 Å². The minimum Gasteiger partial charge on any atom is -0.316 e. The van der Waals surface area contributed by atoms with Gasteiger partial charge in [-0.15, -0.1) is 12.4 Å². The monoisotopic (exact) mass is 352 g/mol. The molecule has 1 N–H and O–H groups in total. The smallest absolute Gasteiger partial charge is 0.316 e. The number of alkyl halides is 3. The largest absolute Gasteiger partial charge is 0.435 e. The molecule has 0 spiro atoms. The van der Waals surface area contributed by atoms with Crippen LogP contribution < -0.4 is 5.32 Å². The summed E-state index contributed by atoms with van der Waals surface area (Å²) in [4.78, 5) is 2.39. The molecule has 3 rings (SSSR count). The van der Waals surface area contributed by atoms with Crippen molar-refractivity contribution in [1.82, 2.24) is 20.0 Å². The number of hydrogen-bond acceptors (Lipinski definition) is 3. The van der Waals surface area contributed by atoms with Crippen molar-refractivity contribution in [2.24, 2.45) is 5.92 Å². The lowest BCUT2D eigenvalue weighted by Gasteiger charge is -2.36. The van der Waals surface area contributed by atoms with Crippen LogP contribution in [0, 0.1) is 5.92 Å². The molecule has 3 heterocycles. The first-order chi connectivity index (χ1) is 10.5. The summed E-state index contributed by atoms with van der Waals surface area (Å²) in [7, 11) is 0. The van der Waals surface area contributed by atoms with Crippen LogP contribution in [-0.2, 0) is 6.18 Å². The molecular weight excluding hydrogens is 329 g/mol. The predicted octanol–water partition coefficient (Wildman–Crippen LogP) is 2.96. The Morgan fingerprint density at radius 2 is 2.09 bits per heavy atom. The molecule has 0 saturated carbocycles. The predicted molar refractivity (Wildman–Crippen MR) is 84.8 cm³/mol. The SMILES string of the molecule is Cl.FC(F)(F)c1ccn(C2CCCN(CC3CCCNC3)C2)n1. The molecule has 0 radical (unpaired) electrons. The van der Waals surface area contributed by atoms with Crippen LogP contribution in [0.5, 0.6) is 0 Å². The number of nitrogens with zero attached hydrogens (tertiary/aromatic N) is 3. The number of likely N-dealkylation sites (tertiary alicyclic amines) is 1. The van der Waals surface area contributed by atoms with E-state index in [9.17, 15) is 13.2 Å². The van der Waals surface area contributed by atoms with Gasteiger partial charge in [0.1, 0.15) is 0 Å². The van der Waals surface area contributed by atoms with Crippen LogP contribution in [0.4, 0.5) is 13.2 Å². The Labute approximate surface area is 140 Å². The number of rotatable bonds is 3. The van der Waals surface area contributed by atoms with Crippen LogP contribution in [0.1, 0.15) is 37.4 Å². The zero-order valence-corrected chi connectivity index (χ0v) is 13.9. The van der Waals surface area contributed by atoms with Crippen molar-refractivity contribution in [1.29, 1.82) is 0 Å². The van der Waals surface area contributed by atoms with E-state index in [0.29, 0.717) is 5.92 Å². The van der Waals surface area contributed by atoms with Crippen molar-refractivity contribution in [3.05, 3.63) is 18.0 Å². The average Bonchev–Trinajstić information content (AvgIpc) is 2.99. The fourth-order valence-electron chi connectivity index (χ4n) is 3.55. The molecule has 2 fully saturated rings. The fraction of sp³-hybridized carbons (Fsp3) is 0.800. The summed E-state index contributed by atoms with van der Waals surface area (Å²) in [6.07, 6.45) is 1.50. The summed E-state index contributed by atoms with van der Waals surface area (Å²) in [5.74, 6) is 0.663. The second-order valence-electron chi connectivity index (χ2n) is 6.45. The van der Waals surface area contributed by atoms with Gasteiger partial charge in [-0.05, 0) is 57.3 Å². The van der Waals surface area contributed by atoms with Crippen molar-refractivity contribution in [3.63, 3.8) is 0 Å². The van der Waals surface area contributed by atoms with Gasteiger partial charge in [-0.2, -0.15) is 18.3 Å². The summed E-state index contributed by atoms with van der Waals surface area (Å²) in [5.41, 5.74) is -0.791. The maximum atomic E-state index is 12.7.